The number of amides is 1. The molecule has 1 unspecified atom stereocenters. The van der Waals surface area contributed by atoms with Crippen molar-refractivity contribution in [1.29, 1.82) is 0 Å². The quantitative estimate of drug-likeness (QED) is 0.630. The zero-order valence-corrected chi connectivity index (χ0v) is 8.96. The lowest BCUT2D eigenvalue weighted by atomic mass is 10.2. The number of hydrogen-bond acceptors (Lipinski definition) is 3. The van der Waals surface area contributed by atoms with E-state index in [-0.39, 0.29) is 11.9 Å². The number of primary amides is 1. The Morgan fingerprint density at radius 2 is 2.14 bits per heavy atom. The van der Waals surface area contributed by atoms with Crippen LogP contribution in [-0.2, 0) is 4.79 Å². The Morgan fingerprint density at radius 3 is 2.71 bits per heavy atom. The van der Waals surface area contributed by atoms with Crippen LogP contribution in [-0.4, -0.2) is 43.0 Å². The number of hydrogen-bond donors (Lipinski definition) is 2. The lowest BCUT2D eigenvalue weighted by molar-refractivity contribution is -0.118. The third kappa shape index (κ3) is 4.58. The molecule has 4 nitrogen and oxygen atoms in total. The van der Waals surface area contributed by atoms with Gasteiger partial charge >= 0.3 is 0 Å². The highest BCUT2D eigenvalue weighted by Gasteiger charge is 2.11. The van der Waals surface area contributed by atoms with Crippen LogP contribution in [0.3, 0.4) is 0 Å². The molecule has 0 bridgehead atoms. The third-order valence-corrected chi connectivity index (χ3v) is 2.63. The van der Waals surface area contributed by atoms with Crippen molar-refractivity contribution in [2.75, 3.05) is 26.2 Å². The maximum atomic E-state index is 10.6. The van der Waals surface area contributed by atoms with Gasteiger partial charge in [0.25, 0.3) is 0 Å². The standard InChI is InChI=1S/C10H21N3O/c1-9(8-10(11)14)12-4-7-13-5-2-3-6-13/h9,12H,2-8H2,1H3,(H2,11,14). The van der Waals surface area contributed by atoms with Gasteiger partial charge in [0.2, 0.25) is 5.91 Å². The van der Waals surface area contributed by atoms with Gasteiger partial charge in [-0.1, -0.05) is 0 Å². The molecule has 1 rings (SSSR count). The molecular formula is C10H21N3O. The van der Waals surface area contributed by atoms with E-state index in [9.17, 15) is 4.79 Å². The molecule has 14 heavy (non-hydrogen) atoms. The smallest absolute Gasteiger partial charge is 0.218 e. The molecule has 0 spiro atoms. The Hall–Kier alpha value is -0.610. The van der Waals surface area contributed by atoms with Crippen molar-refractivity contribution in [1.82, 2.24) is 10.2 Å². The van der Waals surface area contributed by atoms with Gasteiger partial charge in [-0.25, -0.2) is 0 Å². The largest absolute Gasteiger partial charge is 0.370 e. The third-order valence-electron chi connectivity index (χ3n) is 2.63. The van der Waals surface area contributed by atoms with E-state index in [2.05, 4.69) is 10.2 Å². The highest BCUT2D eigenvalue weighted by atomic mass is 16.1. The van der Waals surface area contributed by atoms with Crippen molar-refractivity contribution in [3.05, 3.63) is 0 Å². The Morgan fingerprint density at radius 1 is 1.50 bits per heavy atom. The van der Waals surface area contributed by atoms with Gasteiger partial charge in [-0.3, -0.25) is 4.79 Å². The Balaban J connectivity index is 1.99. The van der Waals surface area contributed by atoms with Crippen LogP contribution < -0.4 is 11.1 Å². The molecule has 4 heteroatoms. The van der Waals surface area contributed by atoms with Gasteiger partial charge in [-0.2, -0.15) is 0 Å². The molecule has 1 heterocycles. The summed E-state index contributed by atoms with van der Waals surface area (Å²) in [5.41, 5.74) is 5.10. The van der Waals surface area contributed by atoms with E-state index in [0.29, 0.717) is 6.42 Å². The monoisotopic (exact) mass is 199 g/mol. The van der Waals surface area contributed by atoms with Crippen LogP contribution in [0, 0.1) is 0 Å². The zero-order valence-electron chi connectivity index (χ0n) is 8.96. The summed E-state index contributed by atoms with van der Waals surface area (Å²) in [7, 11) is 0. The average Bonchev–Trinajstić information content (AvgIpc) is 2.55. The summed E-state index contributed by atoms with van der Waals surface area (Å²) >= 11 is 0. The van der Waals surface area contributed by atoms with Crippen molar-refractivity contribution in [3.63, 3.8) is 0 Å². The summed E-state index contributed by atoms with van der Waals surface area (Å²) in [6, 6.07) is 0.204. The second-order valence-corrected chi connectivity index (χ2v) is 4.07. The highest BCUT2D eigenvalue weighted by molar-refractivity contribution is 5.74. The molecule has 1 fully saturated rings. The van der Waals surface area contributed by atoms with Crippen LogP contribution in [0.5, 0.6) is 0 Å². The van der Waals surface area contributed by atoms with Crippen LogP contribution in [0.25, 0.3) is 0 Å². The van der Waals surface area contributed by atoms with Gasteiger partial charge in [-0.15, -0.1) is 0 Å². The second kappa shape index (κ2) is 5.98. The first-order chi connectivity index (χ1) is 6.68. The van der Waals surface area contributed by atoms with Gasteiger partial charge in [0.05, 0.1) is 0 Å². The molecule has 0 saturated carbocycles. The van der Waals surface area contributed by atoms with E-state index in [1.807, 2.05) is 6.92 Å². The van der Waals surface area contributed by atoms with E-state index in [1.54, 1.807) is 0 Å². The van der Waals surface area contributed by atoms with Crippen LogP contribution in [0.2, 0.25) is 0 Å². The highest BCUT2D eigenvalue weighted by Crippen LogP contribution is 2.05. The van der Waals surface area contributed by atoms with E-state index in [4.69, 9.17) is 5.73 Å². The molecule has 1 atom stereocenters. The fraction of sp³-hybridized carbons (Fsp3) is 0.900. The Labute approximate surface area is 85.8 Å². The fourth-order valence-corrected chi connectivity index (χ4v) is 1.85. The first-order valence-corrected chi connectivity index (χ1v) is 5.42. The number of nitrogens with zero attached hydrogens (tertiary/aromatic N) is 1. The molecular weight excluding hydrogens is 178 g/mol. The molecule has 1 saturated heterocycles. The maximum absolute atomic E-state index is 10.6. The predicted octanol–water partition coefficient (Wildman–Crippen LogP) is -0.0643. The molecule has 1 aliphatic rings. The molecule has 0 aromatic rings. The lowest BCUT2D eigenvalue weighted by Crippen LogP contribution is -2.36. The first kappa shape index (κ1) is 11.5. The summed E-state index contributed by atoms with van der Waals surface area (Å²) in [5.74, 6) is -0.230. The van der Waals surface area contributed by atoms with Crippen molar-refractivity contribution in [2.24, 2.45) is 5.73 Å². The average molecular weight is 199 g/mol. The number of carbonyl (C=O) groups excluding carboxylic acids is 1. The van der Waals surface area contributed by atoms with E-state index >= 15 is 0 Å². The molecule has 0 aliphatic carbocycles. The number of nitrogens with two attached hydrogens (primary N) is 1. The number of nitrogens with one attached hydrogen (secondary N) is 1. The summed E-state index contributed by atoms with van der Waals surface area (Å²) in [6.45, 7) is 6.49. The second-order valence-electron chi connectivity index (χ2n) is 4.07. The maximum Gasteiger partial charge on any atom is 0.218 e. The van der Waals surface area contributed by atoms with Crippen LogP contribution in [0.4, 0.5) is 0 Å². The van der Waals surface area contributed by atoms with Crippen molar-refractivity contribution < 1.29 is 4.79 Å². The molecule has 0 aromatic carbocycles. The van der Waals surface area contributed by atoms with Gasteiger partial charge in [0.15, 0.2) is 0 Å². The van der Waals surface area contributed by atoms with Crippen molar-refractivity contribution in [3.8, 4) is 0 Å². The van der Waals surface area contributed by atoms with E-state index in [0.717, 1.165) is 13.1 Å². The molecule has 0 aromatic heterocycles. The first-order valence-electron chi connectivity index (χ1n) is 5.42. The topological polar surface area (TPSA) is 58.4 Å². The lowest BCUT2D eigenvalue weighted by Gasteiger charge is -2.17. The summed E-state index contributed by atoms with van der Waals surface area (Å²) in [5, 5.41) is 3.30. The molecule has 3 N–H and O–H groups in total. The van der Waals surface area contributed by atoms with Crippen LogP contribution >= 0.6 is 0 Å². The van der Waals surface area contributed by atoms with Crippen molar-refractivity contribution in [2.45, 2.75) is 32.2 Å². The normalized spacial score (nSPS) is 19.8. The minimum Gasteiger partial charge on any atom is -0.370 e. The van der Waals surface area contributed by atoms with Crippen molar-refractivity contribution >= 4 is 5.91 Å². The fourth-order valence-electron chi connectivity index (χ4n) is 1.85. The number of carbonyl (C=O) groups is 1. The summed E-state index contributed by atoms with van der Waals surface area (Å²) < 4.78 is 0. The molecule has 1 amide bonds. The minimum absolute atomic E-state index is 0.204. The molecule has 82 valence electrons. The van der Waals surface area contributed by atoms with Gasteiger partial charge in [-0.05, 0) is 32.9 Å². The Kier molecular flexibility index (Phi) is 4.90. The SMILES string of the molecule is CC(CC(N)=O)NCCN1CCCC1. The minimum atomic E-state index is -0.230. The number of likely N-dealkylation sites (tertiary alicyclic amines) is 1. The Bertz CT molecular complexity index is 178. The van der Waals surface area contributed by atoms with E-state index in [1.165, 1.54) is 25.9 Å². The van der Waals surface area contributed by atoms with Gasteiger partial charge in [0.1, 0.15) is 0 Å². The predicted molar refractivity (Wildman–Crippen MR) is 57.0 cm³/mol. The van der Waals surface area contributed by atoms with E-state index < -0.39 is 0 Å². The van der Waals surface area contributed by atoms with Gasteiger partial charge < -0.3 is 16.0 Å². The summed E-state index contributed by atoms with van der Waals surface area (Å²) in [4.78, 5) is 13.0. The molecule has 0 radical (unpaired) electrons. The zero-order chi connectivity index (χ0) is 10.4. The number of rotatable bonds is 6. The van der Waals surface area contributed by atoms with Gasteiger partial charge in [0, 0.05) is 25.6 Å². The van der Waals surface area contributed by atoms with Crippen LogP contribution in [0.15, 0.2) is 0 Å². The molecule has 1 aliphatic heterocycles. The summed E-state index contributed by atoms with van der Waals surface area (Å²) in [6.07, 6.45) is 3.09. The van der Waals surface area contributed by atoms with Crippen LogP contribution in [0.1, 0.15) is 26.2 Å².